The summed E-state index contributed by atoms with van der Waals surface area (Å²) in [5, 5.41) is 2.87. The summed E-state index contributed by atoms with van der Waals surface area (Å²) in [4.78, 5) is 27.9. The van der Waals surface area contributed by atoms with Crippen LogP contribution in [-0.2, 0) is 21.1 Å². The Kier molecular flexibility index (Phi) is 6.01. The number of halogens is 5. The normalized spacial score (nSPS) is 15.9. The first-order chi connectivity index (χ1) is 16.6. The van der Waals surface area contributed by atoms with Crippen molar-refractivity contribution in [2.75, 3.05) is 6.54 Å². The second-order valence-corrected chi connectivity index (χ2v) is 9.63. The van der Waals surface area contributed by atoms with Crippen molar-refractivity contribution < 1.29 is 36.3 Å². The van der Waals surface area contributed by atoms with Crippen LogP contribution in [0.5, 0.6) is 0 Å². The summed E-state index contributed by atoms with van der Waals surface area (Å²) in [5.74, 6) is -3.96. The number of hydrogen-bond donors (Lipinski definition) is 1. The fourth-order valence-electron chi connectivity index (χ4n) is 4.58. The van der Waals surface area contributed by atoms with Crippen LogP contribution in [0, 0.1) is 11.6 Å². The Morgan fingerprint density at radius 3 is 2.36 bits per heavy atom. The number of H-pyrrole nitrogens is 1. The molecule has 1 aromatic carbocycles. The molecule has 36 heavy (non-hydrogen) atoms. The van der Waals surface area contributed by atoms with Crippen LogP contribution in [0.1, 0.15) is 61.8 Å². The second-order valence-electron chi connectivity index (χ2n) is 9.63. The number of ether oxygens (including phenoxy) is 1. The van der Waals surface area contributed by atoms with Gasteiger partial charge < -0.3 is 9.64 Å². The molecule has 0 fully saturated rings. The molecular formula is C25H24F5N3O3. The topological polar surface area (TPSA) is 66.8 Å². The Bertz CT molecular complexity index is 1410. The molecule has 11 heteroatoms. The quantitative estimate of drug-likeness (QED) is 0.365. The van der Waals surface area contributed by atoms with Gasteiger partial charge in [0.05, 0.1) is 22.9 Å². The highest BCUT2D eigenvalue weighted by Gasteiger charge is 2.44. The third-order valence-corrected chi connectivity index (χ3v) is 6.12. The number of nitrogens with one attached hydrogen (secondary N) is 1. The van der Waals surface area contributed by atoms with Gasteiger partial charge in [0.1, 0.15) is 5.57 Å². The number of carbonyl (C=O) groups is 2. The van der Waals surface area contributed by atoms with Crippen LogP contribution in [0.3, 0.4) is 0 Å². The van der Waals surface area contributed by atoms with Crippen LogP contribution in [-0.4, -0.2) is 39.0 Å². The molecule has 1 amide bonds. The van der Waals surface area contributed by atoms with E-state index in [4.69, 9.17) is 4.74 Å². The Hall–Kier alpha value is -3.63. The van der Waals surface area contributed by atoms with Gasteiger partial charge in [0, 0.05) is 35.0 Å². The maximum absolute atomic E-state index is 13.9. The Balaban J connectivity index is 1.99. The molecular weight excluding hydrogens is 485 g/mol. The van der Waals surface area contributed by atoms with Crippen LogP contribution in [0.4, 0.5) is 22.0 Å². The predicted octanol–water partition coefficient (Wildman–Crippen LogP) is 5.68. The molecule has 0 unspecified atom stereocenters. The van der Waals surface area contributed by atoms with Crippen molar-refractivity contribution in [2.24, 2.45) is 0 Å². The van der Waals surface area contributed by atoms with Gasteiger partial charge >= 0.3 is 12.1 Å². The average molecular weight is 509 g/mol. The largest absolute Gasteiger partial charge is 0.459 e. The van der Waals surface area contributed by atoms with Gasteiger partial charge in [-0.25, -0.2) is 13.6 Å². The number of alkyl halides is 3. The number of esters is 1. The number of fused-ring (bicyclic) bond motifs is 3. The lowest BCUT2D eigenvalue weighted by Crippen LogP contribution is -2.39. The molecule has 6 nitrogen and oxygen atoms in total. The Labute approximate surface area is 203 Å². The zero-order valence-corrected chi connectivity index (χ0v) is 20.2. The van der Waals surface area contributed by atoms with Crippen molar-refractivity contribution in [1.29, 1.82) is 0 Å². The zero-order valence-electron chi connectivity index (χ0n) is 20.2. The van der Waals surface area contributed by atoms with E-state index < -0.39 is 46.8 Å². The van der Waals surface area contributed by atoms with E-state index in [9.17, 15) is 31.5 Å². The van der Waals surface area contributed by atoms with Crippen LogP contribution >= 0.6 is 0 Å². The molecule has 0 aliphatic carbocycles. The van der Waals surface area contributed by atoms with Crippen molar-refractivity contribution in [2.45, 2.75) is 52.3 Å². The van der Waals surface area contributed by atoms with Gasteiger partial charge in [-0.05, 0) is 45.0 Å². The maximum Gasteiger partial charge on any atom is 0.418 e. The SMILES string of the molecule is CC1=C(C(=O)OC(C)C)c2[nH]n3ccc(C(F)(F)F)c3c2C(C)(C)CN1C(=O)c1ccc(F)c(F)c1. The van der Waals surface area contributed by atoms with Gasteiger partial charge in [-0.1, -0.05) is 13.8 Å². The van der Waals surface area contributed by atoms with Gasteiger partial charge in [-0.3, -0.25) is 14.4 Å². The molecule has 0 saturated heterocycles. The molecule has 2 aromatic heterocycles. The first kappa shape index (κ1) is 25.5. The lowest BCUT2D eigenvalue weighted by Gasteiger charge is -2.31. The minimum absolute atomic E-state index is 0.0878. The number of carbonyl (C=O) groups excluding carboxylic acids is 2. The van der Waals surface area contributed by atoms with Gasteiger partial charge in [0.25, 0.3) is 5.91 Å². The van der Waals surface area contributed by atoms with E-state index in [-0.39, 0.29) is 40.2 Å². The Morgan fingerprint density at radius 1 is 1.11 bits per heavy atom. The number of aromatic amines is 1. The van der Waals surface area contributed by atoms with E-state index in [1.807, 2.05) is 0 Å². The average Bonchev–Trinajstić information content (AvgIpc) is 3.29. The molecule has 1 aliphatic rings. The molecule has 0 atom stereocenters. The monoisotopic (exact) mass is 509 g/mol. The summed E-state index contributed by atoms with van der Waals surface area (Å²) in [6.45, 7) is 7.81. The summed E-state index contributed by atoms with van der Waals surface area (Å²) < 4.78 is 75.6. The standard InChI is InChI=1S/C25H24F5N3O3/c1-12(2)36-23(35)18-13(3)32(22(34)14-6-7-16(26)17(27)10-14)11-24(4,5)19-20(18)31-33-9-8-15(21(19)33)25(28,29)30/h6-10,12,31H,11H2,1-5H3. The van der Waals surface area contributed by atoms with E-state index in [0.717, 1.165) is 24.3 Å². The smallest absolute Gasteiger partial charge is 0.418 e. The van der Waals surface area contributed by atoms with Crippen LogP contribution in [0.2, 0.25) is 0 Å². The van der Waals surface area contributed by atoms with E-state index in [0.29, 0.717) is 0 Å². The lowest BCUT2D eigenvalue weighted by molar-refractivity contribution is -0.140. The fraction of sp³-hybridized carbons (Fsp3) is 0.360. The fourth-order valence-corrected chi connectivity index (χ4v) is 4.58. The third-order valence-electron chi connectivity index (χ3n) is 6.12. The number of rotatable bonds is 3. The minimum Gasteiger partial charge on any atom is -0.459 e. The van der Waals surface area contributed by atoms with Gasteiger partial charge in [-0.2, -0.15) is 13.2 Å². The highest BCUT2D eigenvalue weighted by molar-refractivity contribution is 6.18. The second kappa shape index (κ2) is 8.49. The van der Waals surface area contributed by atoms with E-state index in [1.54, 1.807) is 27.7 Å². The maximum atomic E-state index is 13.9. The number of hydrogen-bond acceptors (Lipinski definition) is 3. The van der Waals surface area contributed by atoms with Crippen LogP contribution in [0.15, 0.2) is 36.2 Å². The van der Waals surface area contributed by atoms with Gasteiger partial charge in [0.2, 0.25) is 0 Å². The summed E-state index contributed by atoms with van der Waals surface area (Å²) in [7, 11) is 0. The minimum atomic E-state index is -4.67. The van der Waals surface area contributed by atoms with E-state index in [1.165, 1.54) is 22.5 Å². The number of allylic oxidation sites excluding steroid dienone is 1. The van der Waals surface area contributed by atoms with Gasteiger partial charge in [0.15, 0.2) is 11.6 Å². The molecule has 1 aliphatic heterocycles. The van der Waals surface area contributed by atoms with Crippen LogP contribution in [0.25, 0.3) is 11.1 Å². The number of amides is 1. The summed E-state index contributed by atoms with van der Waals surface area (Å²) in [6, 6.07) is 3.58. The van der Waals surface area contributed by atoms with Crippen molar-refractivity contribution in [3.63, 3.8) is 0 Å². The molecule has 0 saturated carbocycles. The van der Waals surface area contributed by atoms with Crippen molar-refractivity contribution >= 4 is 23.0 Å². The summed E-state index contributed by atoms with van der Waals surface area (Å²) in [5.41, 5.74) is -2.15. The summed E-state index contributed by atoms with van der Waals surface area (Å²) >= 11 is 0. The van der Waals surface area contributed by atoms with Crippen molar-refractivity contribution in [3.05, 3.63) is 70.2 Å². The molecule has 4 rings (SSSR count). The highest BCUT2D eigenvalue weighted by atomic mass is 19.4. The van der Waals surface area contributed by atoms with Crippen molar-refractivity contribution in [1.82, 2.24) is 14.5 Å². The predicted molar refractivity (Wildman–Crippen MR) is 121 cm³/mol. The molecule has 0 bridgehead atoms. The molecule has 192 valence electrons. The summed E-state index contributed by atoms with van der Waals surface area (Å²) in [6.07, 6.45) is -4.01. The van der Waals surface area contributed by atoms with E-state index in [2.05, 4.69) is 5.10 Å². The molecule has 3 aromatic rings. The number of nitrogens with zero attached hydrogens (tertiary/aromatic N) is 2. The van der Waals surface area contributed by atoms with Crippen molar-refractivity contribution in [3.8, 4) is 0 Å². The zero-order chi connectivity index (χ0) is 26.7. The van der Waals surface area contributed by atoms with E-state index >= 15 is 0 Å². The number of aromatic nitrogens is 2. The first-order valence-electron chi connectivity index (χ1n) is 11.1. The first-order valence-corrected chi connectivity index (χ1v) is 11.1. The van der Waals surface area contributed by atoms with Gasteiger partial charge in [-0.15, -0.1) is 0 Å². The third kappa shape index (κ3) is 4.16. The Morgan fingerprint density at radius 2 is 1.78 bits per heavy atom. The highest BCUT2D eigenvalue weighted by Crippen LogP contribution is 2.44. The molecule has 1 N–H and O–H groups in total. The molecule has 3 heterocycles. The van der Waals surface area contributed by atoms with Crippen LogP contribution < -0.4 is 0 Å². The lowest BCUT2D eigenvalue weighted by atomic mass is 9.82. The number of benzene rings is 1. The molecule has 0 spiro atoms. The molecule has 0 radical (unpaired) electrons.